The highest BCUT2D eigenvalue weighted by molar-refractivity contribution is 5.94. The number of hydrogen-bond donors (Lipinski definition) is 2. The van der Waals surface area contributed by atoms with E-state index in [-0.39, 0.29) is 30.5 Å². The van der Waals surface area contributed by atoms with Gasteiger partial charge in [0.25, 0.3) is 5.91 Å². The van der Waals surface area contributed by atoms with Crippen molar-refractivity contribution < 1.29 is 24.2 Å². The number of rotatable bonds is 7. The Labute approximate surface area is 194 Å². The lowest BCUT2D eigenvalue weighted by Gasteiger charge is -2.36. The van der Waals surface area contributed by atoms with Crippen LogP contribution in [0.25, 0.3) is 0 Å². The summed E-state index contributed by atoms with van der Waals surface area (Å²) in [5.74, 6) is -0.427. The third-order valence-corrected chi connectivity index (χ3v) is 6.76. The number of nitrogens with one attached hydrogen (secondary N) is 1. The Hall–Kier alpha value is -2.71. The van der Waals surface area contributed by atoms with E-state index in [1.165, 1.54) is 0 Å². The number of aryl methyl sites for hydroxylation is 1. The van der Waals surface area contributed by atoms with Crippen molar-refractivity contribution in [3.63, 3.8) is 0 Å². The van der Waals surface area contributed by atoms with Gasteiger partial charge in [0.15, 0.2) is 0 Å². The number of aliphatic hydroxyl groups excluding tert-OH is 1. The van der Waals surface area contributed by atoms with Gasteiger partial charge < -0.3 is 19.9 Å². The highest BCUT2D eigenvalue weighted by Gasteiger charge is 2.39. The molecule has 178 valence electrons. The van der Waals surface area contributed by atoms with Crippen LogP contribution in [0.5, 0.6) is 0 Å². The van der Waals surface area contributed by atoms with Gasteiger partial charge in [-0.15, -0.1) is 0 Å². The van der Waals surface area contributed by atoms with E-state index >= 15 is 0 Å². The van der Waals surface area contributed by atoms with Crippen molar-refractivity contribution in [3.05, 3.63) is 52.3 Å². The van der Waals surface area contributed by atoms with Gasteiger partial charge in [-0.1, -0.05) is 19.1 Å². The number of carbonyl (C=O) groups is 2. The van der Waals surface area contributed by atoms with E-state index in [9.17, 15) is 14.7 Å². The molecule has 1 aromatic heterocycles. The van der Waals surface area contributed by atoms with Crippen molar-refractivity contribution >= 4 is 11.9 Å². The van der Waals surface area contributed by atoms with Crippen molar-refractivity contribution in [1.82, 2.24) is 15.1 Å². The van der Waals surface area contributed by atoms with Gasteiger partial charge in [-0.3, -0.25) is 9.48 Å². The summed E-state index contributed by atoms with van der Waals surface area (Å²) < 4.78 is 12.9. The van der Waals surface area contributed by atoms with E-state index in [0.717, 1.165) is 30.5 Å². The molecule has 1 saturated heterocycles. The van der Waals surface area contributed by atoms with Crippen molar-refractivity contribution in [2.75, 3.05) is 26.4 Å². The Morgan fingerprint density at radius 2 is 2.15 bits per heavy atom. The van der Waals surface area contributed by atoms with Crippen LogP contribution in [0.3, 0.4) is 0 Å². The second-order valence-corrected chi connectivity index (χ2v) is 9.33. The van der Waals surface area contributed by atoms with Crippen LogP contribution in [0.4, 0.5) is 0 Å². The molecule has 2 N–H and O–H groups in total. The minimum absolute atomic E-state index is 0.00292. The van der Waals surface area contributed by atoms with E-state index in [4.69, 9.17) is 14.6 Å². The first kappa shape index (κ1) is 23.4. The van der Waals surface area contributed by atoms with Crippen molar-refractivity contribution in [2.45, 2.75) is 52.7 Å². The molecule has 1 atom stereocenters. The number of fused-ring (bicyclic) bond motifs is 1. The van der Waals surface area contributed by atoms with Crippen LogP contribution >= 0.6 is 0 Å². The maximum atomic E-state index is 12.9. The first-order valence-electron chi connectivity index (χ1n) is 11.8. The Bertz CT molecular complexity index is 1010. The number of carbonyl (C=O) groups excluding carboxylic acids is 2. The highest BCUT2D eigenvalue weighted by atomic mass is 16.5. The molecular formula is C25H33N3O5. The summed E-state index contributed by atoms with van der Waals surface area (Å²) in [7, 11) is 0. The maximum absolute atomic E-state index is 12.9. The van der Waals surface area contributed by atoms with Crippen LogP contribution in [0.2, 0.25) is 0 Å². The fourth-order valence-electron chi connectivity index (χ4n) is 4.82. The SMILES string of the molecule is CCn1nc(C[C@@H](C)COC(=O)c2cccc(CO)c2)c2c1C(=O)NCC1(CCOCC1)C2. The third-order valence-electron chi connectivity index (χ3n) is 6.76. The number of benzene rings is 1. The van der Waals surface area contributed by atoms with Crippen LogP contribution < -0.4 is 5.32 Å². The molecule has 1 spiro atoms. The molecule has 8 heteroatoms. The van der Waals surface area contributed by atoms with E-state index in [1.54, 1.807) is 28.9 Å². The third kappa shape index (κ3) is 5.12. The summed E-state index contributed by atoms with van der Waals surface area (Å²) in [6.07, 6.45) is 3.27. The van der Waals surface area contributed by atoms with Crippen LogP contribution in [0.15, 0.2) is 24.3 Å². The number of aliphatic hydroxyl groups is 1. The zero-order valence-electron chi connectivity index (χ0n) is 19.4. The van der Waals surface area contributed by atoms with Gasteiger partial charge in [-0.05, 0) is 61.6 Å². The summed E-state index contributed by atoms with van der Waals surface area (Å²) in [4.78, 5) is 25.4. The number of esters is 1. The molecule has 4 rings (SSSR count). The lowest BCUT2D eigenvalue weighted by molar-refractivity contribution is 0.0160. The van der Waals surface area contributed by atoms with Crippen LogP contribution in [-0.4, -0.2) is 53.1 Å². The first-order valence-corrected chi connectivity index (χ1v) is 11.8. The molecular weight excluding hydrogens is 422 g/mol. The van der Waals surface area contributed by atoms with Crippen LogP contribution in [-0.2, 0) is 35.5 Å². The van der Waals surface area contributed by atoms with E-state index in [2.05, 4.69) is 5.32 Å². The van der Waals surface area contributed by atoms with Crippen molar-refractivity contribution in [2.24, 2.45) is 11.3 Å². The zero-order valence-corrected chi connectivity index (χ0v) is 19.4. The van der Waals surface area contributed by atoms with Crippen molar-refractivity contribution in [3.8, 4) is 0 Å². The lowest BCUT2D eigenvalue weighted by atomic mass is 9.75. The monoisotopic (exact) mass is 455 g/mol. The molecule has 2 aromatic rings. The molecule has 33 heavy (non-hydrogen) atoms. The number of ether oxygens (including phenoxy) is 2. The van der Waals surface area contributed by atoms with Crippen LogP contribution in [0, 0.1) is 11.3 Å². The fraction of sp³-hybridized carbons (Fsp3) is 0.560. The quantitative estimate of drug-likeness (QED) is 0.622. The second kappa shape index (κ2) is 10.1. The predicted molar refractivity (Wildman–Crippen MR) is 122 cm³/mol. The summed E-state index contributed by atoms with van der Waals surface area (Å²) in [6, 6.07) is 6.81. The average Bonchev–Trinajstić information content (AvgIpc) is 3.10. The van der Waals surface area contributed by atoms with Gasteiger partial charge in [0.05, 0.1) is 24.5 Å². The minimum Gasteiger partial charge on any atom is -0.462 e. The standard InChI is InChI=1S/C25H33N3O5/c1-3-28-22-20(13-25(16-26-23(22)30)7-9-32-10-8-25)21(27-28)11-17(2)15-33-24(31)19-6-4-5-18(12-19)14-29/h4-6,12,17,29H,3,7-11,13-16H2,1-2H3,(H,26,30)/t17-/m1/s1. The molecule has 0 saturated carbocycles. The Balaban J connectivity index is 1.48. The summed E-state index contributed by atoms with van der Waals surface area (Å²) in [6.45, 7) is 6.86. The summed E-state index contributed by atoms with van der Waals surface area (Å²) in [5.41, 5.74) is 3.72. The molecule has 1 aromatic carbocycles. The highest BCUT2D eigenvalue weighted by Crippen LogP contribution is 2.38. The van der Waals surface area contributed by atoms with Gasteiger partial charge >= 0.3 is 5.97 Å². The van der Waals surface area contributed by atoms with Gasteiger partial charge in [-0.25, -0.2) is 4.79 Å². The summed E-state index contributed by atoms with van der Waals surface area (Å²) in [5, 5.41) is 17.2. The van der Waals surface area contributed by atoms with Crippen molar-refractivity contribution in [1.29, 1.82) is 0 Å². The smallest absolute Gasteiger partial charge is 0.338 e. The van der Waals surface area contributed by atoms with Gasteiger partial charge in [0.1, 0.15) is 5.69 Å². The molecule has 2 aliphatic rings. The topological polar surface area (TPSA) is 103 Å². The second-order valence-electron chi connectivity index (χ2n) is 9.33. The Morgan fingerprint density at radius 3 is 2.88 bits per heavy atom. The largest absolute Gasteiger partial charge is 0.462 e. The maximum Gasteiger partial charge on any atom is 0.338 e. The normalized spacial score (nSPS) is 18.3. The number of aromatic nitrogens is 2. The number of nitrogens with zero attached hydrogens (tertiary/aromatic N) is 2. The van der Waals surface area contributed by atoms with Gasteiger partial charge in [-0.2, -0.15) is 5.10 Å². The molecule has 8 nitrogen and oxygen atoms in total. The minimum atomic E-state index is -0.407. The Kier molecular flexibility index (Phi) is 7.14. The zero-order chi connectivity index (χ0) is 23.4. The molecule has 2 aliphatic heterocycles. The molecule has 1 fully saturated rings. The van der Waals surface area contributed by atoms with E-state index in [1.807, 2.05) is 13.8 Å². The van der Waals surface area contributed by atoms with Gasteiger partial charge in [0.2, 0.25) is 0 Å². The average molecular weight is 456 g/mol. The lowest BCUT2D eigenvalue weighted by Crippen LogP contribution is -2.40. The van der Waals surface area contributed by atoms with Crippen LogP contribution in [0.1, 0.15) is 64.4 Å². The number of amides is 1. The van der Waals surface area contributed by atoms with E-state index < -0.39 is 5.97 Å². The van der Waals surface area contributed by atoms with E-state index in [0.29, 0.717) is 49.5 Å². The summed E-state index contributed by atoms with van der Waals surface area (Å²) >= 11 is 0. The molecule has 0 radical (unpaired) electrons. The predicted octanol–water partition coefficient (Wildman–Crippen LogP) is 2.51. The van der Waals surface area contributed by atoms with Gasteiger partial charge in [0, 0.05) is 31.9 Å². The fourth-order valence-corrected chi connectivity index (χ4v) is 4.82. The molecule has 3 heterocycles. The molecule has 0 bridgehead atoms. The number of hydrogen-bond acceptors (Lipinski definition) is 6. The molecule has 1 amide bonds. The Morgan fingerprint density at radius 1 is 1.36 bits per heavy atom. The first-order chi connectivity index (χ1) is 15.9. The molecule has 0 unspecified atom stereocenters. The molecule has 0 aliphatic carbocycles.